The number of carbonyl (C=O) groups is 1. The van der Waals surface area contributed by atoms with Crippen molar-refractivity contribution in [3.8, 4) is 0 Å². The van der Waals surface area contributed by atoms with Gasteiger partial charge in [0.05, 0.1) is 15.2 Å². The zero-order valence-corrected chi connectivity index (χ0v) is 13.8. The number of nitrogens with zero attached hydrogens (tertiary/aromatic N) is 1. The number of carbonyl (C=O) groups excluding carboxylic acids is 1. The van der Waals surface area contributed by atoms with E-state index in [1.807, 2.05) is 43.3 Å². The Morgan fingerprint density at radius 2 is 2.05 bits per heavy atom. The lowest BCUT2D eigenvalue weighted by molar-refractivity contribution is -0.115. The third-order valence-electron chi connectivity index (χ3n) is 3.12. The summed E-state index contributed by atoms with van der Waals surface area (Å²) in [5, 5.41) is 4.00. The van der Waals surface area contributed by atoms with Crippen LogP contribution in [0.25, 0.3) is 10.2 Å². The minimum atomic E-state index is 0.0454. The molecule has 3 nitrogen and oxygen atoms in total. The molecule has 0 fully saturated rings. The number of amides is 1. The van der Waals surface area contributed by atoms with E-state index in [1.54, 1.807) is 23.1 Å². The summed E-state index contributed by atoms with van der Waals surface area (Å²) in [5.74, 6) is 0.821. The topological polar surface area (TPSA) is 42.0 Å². The van der Waals surface area contributed by atoms with Crippen molar-refractivity contribution in [2.45, 2.75) is 18.2 Å². The van der Waals surface area contributed by atoms with Crippen molar-refractivity contribution in [1.29, 1.82) is 0 Å². The van der Waals surface area contributed by atoms with Crippen LogP contribution in [0.5, 0.6) is 0 Å². The zero-order valence-electron chi connectivity index (χ0n) is 12.2. The molecule has 3 aromatic rings. The average Bonchev–Trinajstić information content (AvgIpc) is 2.87. The molecular formula is C17H16N2OS2. The number of nitrogens with one attached hydrogen (secondary N) is 1. The highest BCUT2D eigenvalue weighted by molar-refractivity contribution is 7.99. The minimum Gasteiger partial charge on any atom is -0.326 e. The first kappa shape index (κ1) is 15.1. The molecule has 0 saturated carbocycles. The molecule has 1 amide bonds. The van der Waals surface area contributed by atoms with Gasteiger partial charge in [-0.3, -0.25) is 4.79 Å². The van der Waals surface area contributed by atoms with Crippen molar-refractivity contribution in [3.05, 3.63) is 53.5 Å². The van der Waals surface area contributed by atoms with Gasteiger partial charge in [0.2, 0.25) is 5.91 Å². The number of aromatic nitrogens is 1. The predicted octanol–water partition coefficient (Wildman–Crippen LogP) is 4.73. The Morgan fingerprint density at radius 3 is 2.86 bits per heavy atom. The number of thiazole rings is 1. The summed E-state index contributed by atoms with van der Waals surface area (Å²) in [4.78, 5) is 17.6. The first-order valence-corrected chi connectivity index (χ1v) is 8.86. The monoisotopic (exact) mass is 328 g/mol. The van der Waals surface area contributed by atoms with Crippen molar-refractivity contribution >= 4 is 44.9 Å². The first-order chi connectivity index (χ1) is 10.7. The second-order valence-electron chi connectivity index (χ2n) is 4.88. The van der Waals surface area contributed by atoms with Crippen LogP contribution in [0.15, 0.2) is 53.4 Å². The Hall–Kier alpha value is -1.85. The van der Waals surface area contributed by atoms with Gasteiger partial charge in [-0.05, 0) is 37.3 Å². The van der Waals surface area contributed by atoms with Crippen LogP contribution in [0.3, 0.4) is 0 Å². The van der Waals surface area contributed by atoms with Crippen LogP contribution in [0, 0.1) is 6.92 Å². The molecule has 0 aliphatic heterocycles. The van der Waals surface area contributed by atoms with E-state index in [4.69, 9.17) is 0 Å². The van der Waals surface area contributed by atoms with Gasteiger partial charge < -0.3 is 5.32 Å². The third kappa shape index (κ3) is 3.87. The van der Waals surface area contributed by atoms with Crippen LogP contribution in [-0.4, -0.2) is 16.6 Å². The van der Waals surface area contributed by atoms with Crippen LogP contribution >= 0.6 is 23.1 Å². The first-order valence-electron chi connectivity index (χ1n) is 7.05. The minimum absolute atomic E-state index is 0.0454. The maximum Gasteiger partial charge on any atom is 0.225 e. The van der Waals surface area contributed by atoms with E-state index >= 15 is 0 Å². The molecule has 1 heterocycles. The highest BCUT2D eigenvalue weighted by Gasteiger charge is 2.06. The van der Waals surface area contributed by atoms with Gasteiger partial charge in [0.25, 0.3) is 0 Å². The molecule has 0 aliphatic carbocycles. The highest BCUT2D eigenvalue weighted by atomic mass is 32.2. The van der Waals surface area contributed by atoms with Crippen molar-refractivity contribution in [2.24, 2.45) is 0 Å². The summed E-state index contributed by atoms with van der Waals surface area (Å²) in [5.41, 5.74) is 1.82. The second-order valence-corrected chi connectivity index (χ2v) is 7.28. The van der Waals surface area contributed by atoms with E-state index in [1.165, 1.54) is 4.90 Å². The average molecular weight is 328 g/mol. The van der Waals surface area contributed by atoms with Gasteiger partial charge in [-0.2, -0.15) is 0 Å². The number of anilines is 1. The van der Waals surface area contributed by atoms with Gasteiger partial charge >= 0.3 is 0 Å². The van der Waals surface area contributed by atoms with Crippen LogP contribution in [0.4, 0.5) is 5.69 Å². The Bertz CT molecular complexity index is 784. The lowest BCUT2D eigenvalue weighted by Crippen LogP contribution is -2.11. The van der Waals surface area contributed by atoms with Crippen molar-refractivity contribution in [3.63, 3.8) is 0 Å². The van der Waals surface area contributed by atoms with E-state index < -0.39 is 0 Å². The molecule has 2 aromatic carbocycles. The standard InChI is InChI=1S/C17H16N2OS2/c1-12-18-15-8-7-13(11-16(15)22-12)19-17(20)9-10-21-14-5-3-2-4-6-14/h2-8,11H,9-10H2,1H3,(H,19,20). The molecule has 22 heavy (non-hydrogen) atoms. The highest BCUT2D eigenvalue weighted by Crippen LogP contribution is 2.25. The van der Waals surface area contributed by atoms with Crippen LogP contribution in [0.2, 0.25) is 0 Å². The number of rotatable bonds is 5. The fraction of sp³-hybridized carbons (Fsp3) is 0.176. The Kier molecular flexibility index (Phi) is 4.75. The quantitative estimate of drug-likeness (QED) is 0.689. The Labute approximate surface area is 137 Å². The molecule has 0 bridgehead atoms. The third-order valence-corrected chi connectivity index (χ3v) is 5.07. The molecule has 5 heteroatoms. The molecule has 112 valence electrons. The van der Waals surface area contributed by atoms with Crippen molar-refractivity contribution < 1.29 is 4.79 Å². The van der Waals surface area contributed by atoms with E-state index in [0.717, 1.165) is 26.7 Å². The molecule has 0 aliphatic rings. The molecule has 0 saturated heterocycles. The lowest BCUT2D eigenvalue weighted by Gasteiger charge is -2.05. The summed E-state index contributed by atoms with van der Waals surface area (Å²) in [6.45, 7) is 1.99. The van der Waals surface area contributed by atoms with Gasteiger partial charge in [0.1, 0.15) is 0 Å². The summed E-state index contributed by atoms with van der Waals surface area (Å²) in [7, 11) is 0. The van der Waals surface area contributed by atoms with Gasteiger partial charge in [0.15, 0.2) is 0 Å². The van der Waals surface area contributed by atoms with E-state index in [-0.39, 0.29) is 5.91 Å². The fourth-order valence-corrected chi connectivity index (χ4v) is 3.86. The van der Waals surface area contributed by atoms with E-state index in [0.29, 0.717) is 6.42 Å². The number of hydrogen-bond acceptors (Lipinski definition) is 4. The largest absolute Gasteiger partial charge is 0.326 e. The molecule has 0 unspecified atom stereocenters. The molecule has 3 rings (SSSR count). The molecule has 0 atom stereocenters. The van der Waals surface area contributed by atoms with Crippen LogP contribution in [0.1, 0.15) is 11.4 Å². The predicted molar refractivity (Wildman–Crippen MR) is 94.8 cm³/mol. The molecule has 1 aromatic heterocycles. The molecular weight excluding hydrogens is 312 g/mol. The number of thioether (sulfide) groups is 1. The summed E-state index contributed by atoms with van der Waals surface area (Å²) >= 11 is 3.34. The SMILES string of the molecule is Cc1nc2ccc(NC(=O)CCSc3ccccc3)cc2s1. The smallest absolute Gasteiger partial charge is 0.225 e. The van der Waals surface area contributed by atoms with Gasteiger partial charge in [-0.25, -0.2) is 4.98 Å². The Balaban J connectivity index is 1.54. The zero-order chi connectivity index (χ0) is 15.4. The normalized spacial score (nSPS) is 10.8. The lowest BCUT2D eigenvalue weighted by atomic mass is 10.3. The molecule has 1 N–H and O–H groups in total. The van der Waals surface area contributed by atoms with E-state index in [9.17, 15) is 4.79 Å². The number of benzene rings is 2. The summed E-state index contributed by atoms with van der Waals surface area (Å²) in [6.07, 6.45) is 0.499. The molecule has 0 radical (unpaired) electrons. The number of fused-ring (bicyclic) bond motifs is 1. The van der Waals surface area contributed by atoms with Crippen LogP contribution in [-0.2, 0) is 4.79 Å². The number of aryl methyl sites for hydroxylation is 1. The maximum absolute atomic E-state index is 12.0. The van der Waals surface area contributed by atoms with Crippen molar-refractivity contribution in [1.82, 2.24) is 4.98 Å². The number of hydrogen-bond donors (Lipinski definition) is 1. The van der Waals surface area contributed by atoms with Gasteiger partial charge in [-0.15, -0.1) is 23.1 Å². The summed E-state index contributed by atoms with van der Waals surface area (Å²) in [6, 6.07) is 16.0. The van der Waals surface area contributed by atoms with Gasteiger partial charge in [-0.1, -0.05) is 18.2 Å². The Morgan fingerprint density at radius 1 is 1.23 bits per heavy atom. The fourth-order valence-electron chi connectivity index (χ4n) is 2.12. The second kappa shape index (κ2) is 6.94. The summed E-state index contributed by atoms with van der Waals surface area (Å²) < 4.78 is 1.11. The van der Waals surface area contributed by atoms with Crippen molar-refractivity contribution in [2.75, 3.05) is 11.1 Å². The van der Waals surface area contributed by atoms with Gasteiger partial charge in [0, 0.05) is 22.8 Å². The maximum atomic E-state index is 12.0. The van der Waals surface area contributed by atoms with Crippen LogP contribution < -0.4 is 5.32 Å². The molecule has 0 spiro atoms. The van der Waals surface area contributed by atoms with E-state index in [2.05, 4.69) is 22.4 Å².